The van der Waals surface area contributed by atoms with Gasteiger partial charge in [0, 0.05) is 18.8 Å². The van der Waals surface area contributed by atoms with Gasteiger partial charge >= 0.3 is 0 Å². The Labute approximate surface area is 175 Å². The Morgan fingerprint density at radius 3 is 2.27 bits per heavy atom. The summed E-state index contributed by atoms with van der Waals surface area (Å²) in [6.07, 6.45) is 9.36. The smallest absolute Gasteiger partial charge is 0.161 e. The number of rotatable bonds is 4. The van der Waals surface area contributed by atoms with Crippen LogP contribution < -0.4 is 24.0 Å². The third kappa shape index (κ3) is 4.04. The van der Waals surface area contributed by atoms with Crippen molar-refractivity contribution in [3.05, 3.63) is 59.5 Å². The Hall–Kier alpha value is -0.810. The largest absolute Gasteiger partial charge is 1.00 e. The van der Waals surface area contributed by atoms with E-state index in [1.54, 1.807) is 0 Å². The average molecular weight is 465 g/mol. The van der Waals surface area contributed by atoms with Crippen molar-refractivity contribution in [2.24, 2.45) is 5.92 Å². The topological polar surface area (TPSA) is 13.1 Å². The predicted octanol–water partition coefficient (Wildman–Crippen LogP) is 2.91. The van der Waals surface area contributed by atoms with E-state index >= 15 is 0 Å². The molecular formula is C23H32INO. The molecule has 2 fully saturated rings. The van der Waals surface area contributed by atoms with Crippen molar-refractivity contribution < 1.29 is 32.9 Å². The Balaban J connectivity index is 0.00000196. The highest BCUT2D eigenvalue weighted by molar-refractivity contribution is 5.29. The van der Waals surface area contributed by atoms with E-state index in [4.69, 9.17) is 4.42 Å². The molecule has 3 heteroatoms. The van der Waals surface area contributed by atoms with Gasteiger partial charge in [0.1, 0.15) is 11.8 Å². The van der Waals surface area contributed by atoms with Gasteiger partial charge < -0.3 is 32.9 Å². The lowest BCUT2D eigenvalue weighted by atomic mass is 9.76. The van der Waals surface area contributed by atoms with Crippen molar-refractivity contribution in [2.75, 3.05) is 20.6 Å². The lowest BCUT2D eigenvalue weighted by molar-refractivity contribution is -0.909. The molecule has 0 amide bonds. The first-order valence-electron chi connectivity index (χ1n) is 10.1. The van der Waals surface area contributed by atoms with Gasteiger partial charge in [0.25, 0.3) is 0 Å². The first-order valence-corrected chi connectivity index (χ1v) is 10.1. The summed E-state index contributed by atoms with van der Waals surface area (Å²) in [7, 11) is 4.69. The molecule has 1 aromatic carbocycles. The Morgan fingerprint density at radius 2 is 1.62 bits per heavy atom. The Bertz CT molecular complexity index is 687. The molecule has 0 N–H and O–H groups in total. The van der Waals surface area contributed by atoms with Crippen LogP contribution in [0.15, 0.2) is 46.9 Å². The van der Waals surface area contributed by atoms with Crippen molar-refractivity contribution in [1.82, 2.24) is 0 Å². The van der Waals surface area contributed by atoms with Gasteiger partial charge in [-0.15, -0.1) is 0 Å². The van der Waals surface area contributed by atoms with Crippen LogP contribution in [-0.4, -0.2) is 25.1 Å². The molecule has 2 aliphatic rings. The average Bonchev–Trinajstić information content (AvgIpc) is 3.23. The number of nitrogens with zero attached hydrogens (tertiary/aromatic N) is 1. The van der Waals surface area contributed by atoms with Gasteiger partial charge in [-0.25, -0.2) is 0 Å². The quantitative estimate of drug-likeness (QED) is 0.500. The maximum absolute atomic E-state index is 6.56. The van der Waals surface area contributed by atoms with E-state index in [2.05, 4.69) is 56.6 Å². The number of halogens is 1. The van der Waals surface area contributed by atoms with E-state index < -0.39 is 0 Å². The number of hydrogen-bond donors (Lipinski definition) is 0. The molecule has 2 aromatic rings. The van der Waals surface area contributed by atoms with Crippen molar-refractivity contribution >= 4 is 0 Å². The zero-order valence-electron chi connectivity index (χ0n) is 16.2. The summed E-state index contributed by atoms with van der Waals surface area (Å²) in [6, 6.07) is 16.1. The molecule has 1 aliphatic carbocycles. The molecule has 1 saturated carbocycles. The van der Waals surface area contributed by atoms with Gasteiger partial charge in [-0.2, -0.15) is 0 Å². The first kappa shape index (κ1) is 19.9. The van der Waals surface area contributed by atoms with Crippen LogP contribution in [0.3, 0.4) is 0 Å². The summed E-state index contributed by atoms with van der Waals surface area (Å²) in [6.45, 7) is 1.26. The van der Waals surface area contributed by atoms with Gasteiger partial charge in [0.2, 0.25) is 0 Å². The highest BCUT2D eigenvalue weighted by Crippen LogP contribution is 2.43. The highest BCUT2D eigenvalue weighted by atomic mass is 127. The van der Waals surface area contributed by atoms with Gasteiger partial charge in [0.15, 0.2) is 5.76 Å². The molecule has 0 spiro atoms. The van der Waals surface area contributed by atoms with Crippen LogP contribution in [0.25, 0.3) is 0 Å². The maximum atomic E-state index is 6.56. The monoisotopic (exact) mass is 465 g/mol. The number of benzene rings is 1. The molecule has 1 aliphatic heterocycles. The third-order valence-corrected chi connectivity index (χ3v) is 6.62. The molecule has 0 radical (unpaired) electrons. The van der Waals surface area contributed by atoms with Crippen LogP contribution in [0.5, 0.6) is 0 Å². The third-order valence-electron chi connectivity index (χ3n) is 6.62. The van der Waals surface area contributed by atoms with E-state index in [1.807, 2.05) is 0 Å². The van der Waals surface area contributed by atoms with E-state index in [0.29, 0.717) is 12.0 Å². The van der Waals surface area contributed by atoms with Gasteiger partial charge in [-0.1, -0.05) is 49.6 Å². The number of likely N-dealkylation sites (tertiary alicyclic amines) is 1. The predicted molar refractivity (Wildman–Crippen MR) is 103 cm³/mol. The van der Waals surface area contributed by atoms with Gasteiger partial charge in [-0.05, 0) is 36.5 Å². The lowest BCUT2D eigenvalue weighted by Gasteiger charge is -2.31. The molecule has 2 nitrogen and oxygen atoms in total. The normalized spacial score (nSPS) is 24.2. The van der Waals surface area contributed by atoms with Crippen molar-refractivity contribution in [1.29, 1.82) is 0 Å². The summed E-state index contributed by atoms with van der Waals surface area (Å²) >= 11 is 0. The van der Waals surface area contributed by atoms with E-state index in [-0.39, 0.29) is 24.0 Å². The minimum Gasteiger partial charge on any atom is -1.00 e. The molecule has 142 valence electrons. The Kier molecular flexibility index (Phi) is 6.50. The van der Waals surface area contributed by atoms with Crippen LogP contribution in [0.4, 0.5) is 0 Å². The second kappa shape index (κ2) is 8.47. The first-order chi connectivity index (χ1) is 12.1. The van der Waals surface area contributed by atoms with Crippen molar-refractivity contribution in [3.63, 3.8) is 0 Å². The summed E-state index contributed by atoms with van der Waals surface area (Å²) in [5, 5.41) is 0. The molecule has 1 saturated heterocycles. The van der Waals surface area contributed by atoms with Crippen LogP contribution in [0.2, 0.25) is 0 Å². The molecule has 2 unspecified atom stereocenters. The summed E-state index contributed by atoms with van der Waals surface area (Å²) in [5.41, 5.74) is 1.43. The summed E-state index contributed by atoms with van der Waals surface area (Å²) in [4.78, 5) is 0. The van der Waals surface area contributed by atoms with Crippen LogP contribution in [0, 0.1) is 5.92 Å². The highest BCUT2D eigenvalue weighted by Gasteiger charge is 2.38. The van der Waals surface area contributed by atoms with Crippen LogP contribution in [0.1, 0.15) is 74.0 Å². The fraction of sp³-hybridized carbons (Fsp3) is 0.565. The van der Waals surface area contributed by atoms with Crippen LogP contribution in [-0.2, 0) is 0 Å². The molecule has 4 rings (SSSR count). The zero-order valence-corrected chi connectivity index (χ0v) is 18.3. The zero-order chi connectivity index (χ0) is 17.3. The van der Waals surface area contributed by atoms with Crippen molar-refractivity contribution in [3.8, 4) is 0 Å². The molecule has 26 heavy (non-hydrogen) atoms. The van der Waals surface area contributed by atoms with E-state index in [0.717, 1.165) is 10.4 Å². The molecule has 2 heterocycles. The molecule has 0 bridgehead atoms. The van der Waals surface area contributed by atoms with Gasteiger partial charge in [-0.3, -0.25) is 0 Å². The molecular weight excluding hydrogens is 433 g/mol. The fourth-order valence-electron chi connectivity index (χ4n) is 5.20. The standard InChI is InChI=1S/C23H32NO.HI/c1-24(2)17-9-14-20(24)21-15-16-22(25-21)23(18-10-5-3-6-11-18)19-12-7-4-8-13-19;/h3,5-6,10-11,15-16,19-20,23H,4,7-9,12-14,17H2,1-2H3;1H/q+1;/p-1. The fourth-order valence-corrected chi connectivity index (χ4v) is 5.20. The second-order valence-corrected chi connectivity index (χ2v) is 8.69. The number of quaternary nitrogens is 1. The summed E-state index contributed by atoms with van der Waals surface area (Å²) < 4.78 is 7.62. The van der Waals surface area contributed by atoms with Crippen LogP contribution >= 0.6 is 0 Å². The number of furan rings is 1. The van der Waals surface area contributed by atoms with E-state index in [1.165, 1.54) is 68.6 Å². The molecule has 2 atom stereocenters. The van der Waals surface area contributed by atoms with Gasteiger partial charge in [0.05, 0.1) is 20.6 Å². The molecule has 1 aromatic heterocycles. The maximum Gasteiger partial charge on any atom is 0.161 e. The second-order valence-electron chi connectivity index (χ2n) is 8.69. The Morgan fingerprint density at radius 1 is 0.885 bits per heavy atom. The minimum absolute atomic E-state index is 0. The van der Waals surface area contributed by atoms with Crippen molar-refractivity contribution in [2.45, 2.75) is 56.9 Å². The SMILES string of the molecule is C[N+]1(C)CCCC1c1ccc(C(c2ccccc2)C2CCCCC2)o1.[I-]. The minimum atomic E-state index is 0. The number of hydrogen-bond acceptors (Lipinski definition) is 1. The summed E-state index contributed by atoms with van der Waals surface area (Å²) in [5.74, 6) is 3.54. The van der Waals surface area contributed by atoms with E-state index in [9.17, 15) is 0 Å². The lowest BCUT2D eigenvalue weighted by Crippen LogP contribution is -3.00.